The number of benzene rings is 3. The summed E-state index contributed by atoms with van der Waals surface area (Å²) in [7, 11) is 3.78. The van der Waals surface area contributed by atoms with Crippen LogP contribution in [0.15, 0.2) is 88.7 Å². The average Bonchev–Trinajstić information content (AvgIpc) is 3.43. The zero-order valence-corrected chi connectivity index (χ0v) is 25.0. The zero-order valence-electron chi connectivity index (χ0n) is 23.4. The van der Waals surface area contributed by atoms with Crippen LogP contribution in [0, 0.1) is 5.92 Å². The molecule has 3 atom stereocenters. The zero-order chi connectivity index (χ0) is 31.3. The Bertz CT molecular complexity index is 1820. The summed E-state index contributed by atoms with van der Waals surface area (Å²) < 4.78 is 41.7. The molecule has 3 heterocycles. The van der Waals surface area contributed by atoms with Crippen LogP contribution in [-0.2, 0) is 27.1 Å². The second-order valence-corrected chi connectivity index (χ2v) is 12.7. The van der Waals surface area contributed by atoms with Crippen molar-refractivity contribution < 1.29 is 27.6 Å². The van der Waals surface area contributed by atoms with Crippen molar-refractivity contribution >= 4 is 57.9 Å². The van der Waals surface area contributed by atoms with Crippen molar-refractivity contribution in [2.75, 3.05) is 29.2 Å². The number of aromatic nitrogens is 1. The van der Waals surface area contributed by atoms with Crippen molar-refractivity contribution in [1.82, 2.24) is 4.57 Å². The lowest BCUT2D eigenvalue weighted by Crippen LogP contribution is -2.33. The number of para-hydroxylation sites is 2. The molecule has 226 valence electrons. The highest BCUT2D eigenvalue weighted by Crippen LogP contribution is 2.54. The Balaban J connectivity index is 1.40. The fourth-order valence-electron chi connectivity index (χ4n) is 5.60. The molecule has 1 saturated heterocycles. The molecule has 0 aliphatic carbocycles. The van der Waals surface area contributed by atoms with Gasteiger partial charge in [-0.1, -0.05) is 65.6 Å². The van der Waals surface area contributed by atoms with Crippen molar-refractivity contribution in [1.29, 1.82) is 0 Å². The molecular weight excluding hydrogens is 613 g/mol. The van der Waals surface area contributed by atoms with Gasteiger partial charge in [0.1, 0.15) is 11.8 Å². The van der Waals surface area contributed by atoms with E-state index in [1.54, 1.807) is 30.3 Å². The minimum atomic E-state index is -4.69. The van der Waals surface area contributed by atoms with Crippen molar-refractivity contribution in [2.45, 2.75) is 28.9 Å². The monoisotopic (exact) mass is 638 g/mol. The Kier molecular flexibility index (Phi) is 7.62. The molecule has 1 aromatic heterocycles. The number of carbonyl (C=O) groups is 3. The summed E-state index contributed by atoms with van der Waals surface area (Å²) >= 11 is 1.91. The Hall–Kier alpha value is -4.36. The lowest BCUT2D eigenvalue weighted by atomic mass is 9.83. The predicted molar refractivity (Wildman–Crippen MR) is 163 cm³/mol. The number of thiazole rings is 1. The van der Waals surface area contributed by atoms with Crippen LogP contribution in [0.25, 0.3) is 0 Å². The number of anilines is 3. The van der Waals surface area contributed by atoms with E-state index in [1.807, 2.05) is 43.3 Å². The maximum Gasteiger partial charge on any atom is 0.418 e. The number of halogens is 3. The number of nitrogens with one attached hydrogen (secondary N) is 1. The number of hydrogen-bond acceptors (Lipinski definition) is 7. The maximum atomic E-state index is 14.0. The van der Waals surface area contributed by atoms with Crippen molar-refractivity contribution in [3.8, 4) is 0 Å². The van der Waals surface area contributed by atoms with Crippen LogP contribution in [-0.4, -0.2) is 41.6 Å². The Labute approximate surface area is 258 Å². The summed E-state index contributed by atoms with van der Waals surface area (Å²) in [4.78, 5) is 57.2. The van der Waals surface area contributed by atoms with Gasteiger partial charge in [0.05, 0.1) is 27.9 Å². The maximum absolute atomic E-state index is 14.0. The molecule has 2 aliphatic heterocycles. The number of carbonyl (C=O) groups excluding carboxylic acids is 3. The summed E-state index contributed by atoms with van der Waals surface area (Å²) in [5.74, 6) is -3.14. The van der Waals surface area contributed by atoms with Gasteiger partial charge in [0.25, 0.3) is 0 Å². The predicted octanol–water partition coefficient (Wildman–Crippen LogP) is 5.43. The minimum Gasteiger partial charge on any atom is -0.378 e. The first-order valence-electron chi connectivity index (χ1n) is 13.5. The van der Waals surface area contributed by atoms with Crippen LogP contribution in [0.4, 0.5) is 30.2 Å². The van der Waals surface area contributed by atoms with E-state index in [0.29, 0.717) is 15.6 Å². The summed E-state index contributed by atoms with van der Waals surface area (Å²) in [6, 6.07) is 20.6. The van der Waals surface area contributed by atoms with Crippen molar-refractivity contribution in [3.63, 3.8) is 0 Å². The number of rotatable bonds is 6. The fourth-order valence-corrected chi connectivity index (χ4v) is 8.37. The van der Waals surface area contributed by atoms with Gasteiger partial charge in [-0.2, -0.15) is 13.2 Å². The quantitative estimate of drug-likeness (QED) is 0.284. The van der Waals surface area contributed by atoms with E-state index in [9.17, 15) is 32.3 Å². The van der Waals surface area contributed by atoms with Crippen LogP contribution in [0.1, 0.15) is 21.9 Å². The van der Waals surface area contributed by atoms with E-state index in [1.165, 1.54) is 21.6 Å². The molecule has 44 heavy (non-hydrogen) atoms. The number of alkyl halides is 3. The third-order valence-corrected chi connectivity index (χ3v) is 10.2. The number of hydrogen-bond donors (Lipinski definition) is 1. The Morgan fingerprint density at radius 3 is 2.23 bits per heavy atom. The van der Waals surface area contributed by atoms with Crippen molar-refractivity contribution in [2.24, 2.45) is 5.92 Å². The molecular formula is C31H25F3N4O4S2. The van der Waals surface area contributed by atoms with Gasteiger partial charge in [0.2, 0.25) is 17.7 Å². The minimum absolute atomic E-state index is 0.346. The van der Waals surface area contributed by atoms with Gasteiger partial charge in [-0.05, 0) is 42.0 Å². The lowest BCUT2D eigenvalue weighted by molar-refractivity contribution is -0.137. The standard InChI is InChI=1S/C31H25F3N4O4S2/c1-36(2)18-14-12-17(13-15-18)23-24-25(28(41)38(27(24)40)19-8-4-3-5-9-19)43-29-26(23)44-30(42)37(29)16-22(39)35-21-11-7-6-10-20(21)31(32,33)34/h3-15,23-25H,16H2,1-2H3,(H,35,39). The number of nitrogens with zero attached hydrogens (tertiary/aromatic N) is 3. The number of imide groups is 1. The Morgan fingerprint density at radius 1 is 0.909 bits per heavy atom. The molecule has 0 bridgehead atoms. The normalized spacial score (nSPS) is 19.5. The summed E-state index contributed by atoms with van der Waals surface area (Å²) in [6.07, 6.45) is -4.69. The average molecular weight is 639 g/mol. The molecule has 0 radical (unpaired) electrons. The second-order valence-electron chi connectivity index (χ2n) is 10.6. The molecule has 8 nitrogen and oxygen atoms in total. The first-order valence-corrected chi connectivity index (χ1v) is 15.2. The second kappa shape index (κ2) is 11.3. The molecule has 6 rings (SSSR count). The fraction of sp³-hybridized carbons (Fsp3) is 0.226. The molecule has 3 amide bonds. The Morgan fingerprint density at radius 2 is 1.57 bits per heavy atom. The largest absolute Gasteiger partial charge is 0.418 e. The smallest absolute Gasteiger partial charge is 0.378 e. The van der Waals surface area contributed by atoms with Crippen LogP contribution in [0.3, 0.4) is 0 Å². The molecule has 3 aromatic carbocycles. The first kappa shape index (κ1) is 29.7. The van der Waals surface area contributed by atoms with Gasteiger partial charge in [-0.15, -0.1) is 0 Å². The van der Waals surface area contributed by atoms with E-state index < -0.39 is 57.7 Å². The number of fused-ring (bicyclic) bond motifs is 2. The van der Waals surface area contributed by atoms with Crippen LogP contribution in [0.2, 0.25) is 0 Å². The first-order chi connectivity index (χ1) is 21.0. The van der Waals surface area contributed by atoms with Gasteiger partial charge in [0.15, 0.2) is 0 Å². The molecule has 0 saturated carbocycles. The molecule has 0 spiro atoms. The van der Waals surface area contributed by atoms with E-state index >= 15 is 0 Å². The SMILES string of the molecule is CN(C)c1ccc(C2c3sc(=O)n(CC(=O)Nc4ccccc4C(F)(F)F)c3SC3C(=O)N(c4ccccc4)C(=O)C32)cc1. The third kappa shape index (κ3) is 5.19. The van der Waals surface area contributed by atoms with Gasteiger partial charge in [-0.25, -0.2) is 4.90 Å². The van der Waals surface area contributed by atoms with Crippen LogP contribution < -0.4 is 20.0 Å². The summed E-state index contributed by atoms with van der Waals surface area (Å²) in [5.41, 5.74) is 0.631. The molecule has 4 aromatic rings. The number of amides is 3. The van der Waals surface area contributed by atoms with Gasteiger partial charge >= 0.3 is 11.0 Å². The van der Waals surface area contributed by atoms with Crippen LogP contribution in [0.5, 0.6) is 0 Å². The van der Waals surface area contributed by atoms with E-state index in [0.717, 1.165) is 46.5 Å². The van der Waals surface area contributed by atoms with E-state index in [4.69, 9.17) is 0 Å². The highest BCUT2D eigenvalue weighted by atomic mass is 32.2. The molecule has 3 unspecified atom stereocenters. The molecule has 1 N–H and O–H groups in total. The molecule has 1 fully saturated rings. The van der Waals surface area contributed by atoms with E-state index in [2.05, 4.69) is 5.32 Å². The highest BCUT2D eigenvalue weighted by molar-refractivity contribution is 8.00. The highest BCUT2D eigenvalue weighted by Gasteiger charge is 2.56. The summed E-state index contributed by atoms with van der Waals surface area (Å²) in [6.45, 7) is -0.571. The summed E-state index contributed by atoms with van der Waals surface area (Å²) in [5, 5.41) is 1.74. The van der Waals surface area contributed by atoms with Crippen LogP contribution >= 0.6 is 23.1 Å². The lowest BCUT2D eigenvalue weighted by Gasteiger charge is -2.31. The number of thioether (sulfide) groups is 1. The van der Waals surface area contributed by atoms with Gasteiger partial charge < -0.3 is 10.2 Å². The third-order valence-electron chi connectivity index (χ3n) is 7.64. The van der Waals surface area contributed by atoms with E-state index in [-0.39, 0.29) is 5.91 Å². The van der Waals surface area contributed by atoms with Gasteiger partial charge in [0, 0.05) is 30.6 Å². The topological polar surface area (TPSA) is 91.7 Å². The molecule has 2 aliphatic rings. The van der Waals surface area contributed by atoms with Crippen molar-refractivity contribution in [3.05, 3.63) is 105 Å². The molecule has 13 heteroatoms. The van der Waals surface area contributed by atoms with Gasteiger partial charge in [-0.3, -0.25) is 23.7 Å².